The molecular weight excluding hydrogens is 677 g/mol. The molecular formula is C54H44N2. The van der Waals surface area contributed by atoms with E-state index in [2.05, 4.69) is 208 Å². The van der Waals surface area contributed by atoms with E-state index in [9.17, 15) is 0 Å². The quantitative estimate of drug-likeness (QED) is 0.189. The van der Waals surface area contributed by atoms with Crippen LogP contribution in [0.2, 0.25) is 0 Å². The smallest absolute Gasteiger partial charge is 0.104 e. The van der Waals surface area contributed by atoms with Crippen molar-refractivity contribution in [3.8, 4) is 33.4 Å². The Bertz CT molecular complexity index is 2930. The van der Waals surface area contributed by atoms with Gasteiger partial charge in [0, 0.05) is 16.5 Å². The second-order valence-electron chi connectivity index (χ2n) is 17.0. The Hall–Kier alpha value is -6.22. The first-order chi connectivity index (χ1) is 27.3. The Labute approximate surface area is 329 Å². The van der Waals surface area contributed by atoms with Crippen LogP contribution >= 0.6 is 0 Å². The SMILES string of the molecule is CC1(C)c2cc3ccccc3cc2-c2c(-c3cccc(C4=CC(c5ccc6c(c5)C(C)(C)c5ccc7ccccc7c5-6)NC(c5ccccc5)N4)c3)cccc21. The average molecular weight is 721 g/mol. The van der Waals surface area contributed by atoms with Gasteiger partial charge < -0.3 is 5.32 Å². The number of nitrogens with one attached hydrogen (secondary N) is 2. The van der Waals surface area contributed by atoms with E-state index in [0.717, 1.165) is 5.70 Å². The van der Waals surface area contributed by atoms with Crippen LogP contribution in [0.15, 0.2) is 170 Å². The zero-order valence-electron chi connectivity index (χ0n) is 32.3. The summed E-state index contributed by atoms with van der Waals surface area (Å²) in [5.41, 5.74) is 18.2. The molecule has 0 saturated carbocycles. The molecule has 2 unspecified atom stereocenters. The average Bonchev–Trinajstić information content (AvgIpc) is 3.61. The summed E-state index contributed by atoms with van der Waals surface area (Å²) in [5.74, 6) is 0. The summed E-state index contributed by atoms with van der Waals surface area (Å²) in [6, 6.07) is 61.0. The van der Waals surface area contributed by atoms with Gasteiger partial charge >= 0.3 is 0 Å². The highest BCUT2D eigenvalue weighted by Crippen LogP contribution is 2.54. The molecule has 0 aromatic heterocycles. The summed E-state index contributed by atoms with van der Waals surface area (Å²) < 4.78 is 0. The highest BCUT2D eigenvalue weighted by molar-refractivity contribution is 6.03. The first-order valence-corrected chi connectivity index (χ1v) is 20.0. The normalized spacial score (nSPS) is 18.5. The molecule has 0 bridgehead atoms. The summed E-state index contributed by atoms with van der Waals surface area (Å²) in [4.78, 5) is 0. The molecule has 1 aliphatic heterocycles. The molecule has 1 heterocycles. The minimum Gasteiger partial charge on any atom is -0.366 e. The lowest BCUT2D eigenvalue weighted by Crippen LogP contribution is -2.39. The number of rotatable bonds is 4. The van der Waals surface area contributed by atoms with Gasteiger partial charge in [-0.2, -0.15) is 0 Å². The molecule has 8 aromatic rings. The van der Waals surface area contributed by atoms with E-state index in [-0.39, 0.29) is 23.0 Å². The third-order valence-electron chi connectivity index (χ3n) is 13.1. The molecule has 0 spiro atoms. The molecule has 0 radical (unpaired) electrons. The van der Waals surface area contributed by atoms with Crippen molar-refractivity contribution in [2.45, 2.75) is 50.7 Å². The fraction of sp³-hybridized carbons (Fsp3) is 0.148. The van der Waals surface area contributed by atoms with E-state index in [1.54, 1.807) is 0 Å². The zero-order chi connectivity index (χ0) is 37.8. The molecule has 2 heteroatoms. The minimum absolute atomic E-state index is 0.00333. The summed E-state index contributed by atoms with van der Waals surface area (Å²) in [5, 5.41) is 13.1. The molecule has 2 aliphatic carbocycles. The molecule has 0 fully saturated rings. The van der Waals surface area contributed by atoms with Gasteiger partial charge in [0.05, 0.1) is 6.04 Å². The topological polar surface area (TPSA) is 24.1 Å². The predicted octanol–water partition coefficient (Wildman–Crippen LogP) is 13.2. The Balaban J connectivity index is 1.03. The fourth-order valence-electron chi connectivity index (χ4n) is 10.1. The van der Waals surface area contributed by atoms with Gasteiger partial charge in [0.25, 0.3) is 0 Å². The van der Waals surface area contributed by atoms with Crippen LogP contribution in [0.25, 0.3) is 60.6 Å². The van der Waals surface area contributed by atoms with Gasteiger partial charge in [0.2, 0.25) is 0 Å². The van der Waals surface area contributed by atoms with Crippen molar-refractivity contribution in [2.75, 3.05) is 0 Å². The van der Waals surface area contributed by atoms with Gasteiger partial charge in [-0.1, -0.05) is 173 Å². The summed E-state index contributed by atoms with van der Waals surface area (Å²) in [6.45, 7) is 9.52. The second-order valence-corrected chi connectivity index (χ2v) is 17.0. The number of fused-ring (bicyclic) bond motifs is 9. The summed E-state index contributed by atoms with van der Waals surface area (Å²) >= 11 is 0. The van der Waals surface area contributed by atoms with Crippen molar-refractivity contribution in [1.82, 2.24) is 10.6 Å². The van der Waals surface area contributed by atoms with Crippen LogP contribution in [0.1, 0.15) is 78.8 Å². The van der Waals surface area contributed by atoms with E-state index in [1.807, 2.05) is 0 Å². The minimum atomic E-state index is -0.104. The van der Waals surface area contributed by atoms with Crippen molar-refractivity contribution < 1.29 is 0 Å². The Kier molecular flexibility index (Phi) is 7.18. The van der Waals surface area contributed by atoms with Crippen LogP contribution in [0.5, 0.6) is 0 Å². The molecule has 2 N–H and O–H groups in total. The largest absolute Gasteiger partial charge is 0.366 e. The predicted molar refractivity (Wildman–Crippen MR) is 235 cm³/mol. The van der Waals surface area contributed by atoms with E-state index in [4.69, 9.17) is 0 Å². The first kappa shape index (κ1) is 33.1. The van der Waals surface area contributed by atoms with Crippen molar-refractivity contribution in [3.63, 3.8) is 0 Å². The van der Waals surface area contributed by atoms with Gasteiger partial charge in [0.1, 0.15) is 6.17 Å². The second kappa shape index (κ2) is 12.1. The lowest BCUT2D eigenvalue weighted by atomic mass is 9.81. The third-order valence-corrected chi connectivity index (χ3v) is 13.1. The highest BCUT2D eigenvalue weighted by atomic mass is 15.2. The standard InChI is InChI=1S/C54H44N2/c1-53(2)44-23-13-22-41(51(44)43-29-35-17-8-9-18-36(35)30-47(43)53)37-19-12-20-38(28-37)48-32-49(56-52(55-48)34-15-6-5-7-16-34)39-24-26-42-46(31-39)54(3,4)45-27-25-33-14-10-11-21-40(33)50(42)45/h5-32,49,52,55-56H,1-4H3. The van der Waals surface area contributed by atoms with E-state index in [1.165, 1.54) is 93.9 Å². The Morgan fingerprint density at radius 3 is 1.93 bits per heavy atom. The van der Waals surface area contributed by atoms with Crippen molar-refractivity contribution in [1.29, 1.82) is 0 Å². The van der Waals surface area contributed by atoms with Crippen LogP contribution in [-0.4, -0.2) is 0 Å². The molecule has 0 amide bonds. The first-order valence-electron chi connectivity index (χ1n) is 20.0. The molecule has 270 valence electrons. The molecule has 56 heavy (non-hydrogen) atoms. The maximum atomic E-state index is 3.98. The molecule has 2 atom stereocenters. The van der Waals surface area contributed by atoms with E-state index < -0.39 is 0 Å². The van der Waals surface area contributed by atoms with Crippen molar-refractivity contribution in [2.24, 2.45) is 0 Å². The molecule has 8 aromatic carbocycles. The zero-order valence-corrected chi connectivity index (χ0v) is 32.3. The van der Waals surface area contributed by atoms with Crippen molar-refractivity contribution in [3.05, 3.63) is 209 Å². The van der Waals surface area contributed by atoms with Crippen LogP contribution in [0, 0.1) is 0 Å². The van der Waals surface area contributed by atoms with Gasteiger partial charge in [-0.05, 0) is 118 Å². The van der Waals surface area contributed by atoms with Gasteiger partial charge in [-0.3, -0.25) is 5.32 Å². The fourth-order valence-corrected chi connectivity index (χ4v) is 10.1. The highest BCUT2D eigenvalue weighted by Gasteiger charge is 2.39. The number of hydrogen-bond acceptors (Lipinski definition) is 2. The van der Waals surface area contributed by atoms with Crippen LogP contribution < -0.4 is 10.6 Å². The summed E-state index contributed by atoms with van der Waals surface area (Å²) in [7, 11) is 0. The number of hydrogen-bond donors (Lipinski definition) is 2. The lowest BCUT2D eigenvalue weighted by Gasteiger charge is -2.34. The van der Waals surface area contributed by atoms with Crippen molar-refractivity contribution >= 4 is 27.2 Å². The van der Waals surface area contributed by atoms with Gasteiger partial charge in [-0.15, -0.1) is 0 Å². The Morgan fingerprint density at radius 1 is 0.429 bits per heavy atom. The Morgan fingerprint density at radius 2 is 1.11 bits per heavy atom. The molecule has 0 saturated heterocycles. The lowest BCUT2D eigenvalue weighted by molar-refractivity contribution is 0.442. The van der Waals surface area contributed by atoms with E-state index in [0.29, 0.717) is 0 Å². The van der Waals surface area contributed by atoms with Crippen LogP contribution in [0.3, 0.4) is 0 Å². The molecule has 2 nitrogen and oxygen atoms in total. The number of benzene rings is 8. The van der Waals surface area contributed by atoms with Crippen LogP contribution in [-0.2, 0) is 10.8 Å². The van der Waals surface area contributed by atoms with Gasteiger partial charge in [0.15, 0.2) is 0 Å². The van der Waals surface area contributed by atoms with Crippen LogP contribution in [0.4, 0.5) is 0 Å². The third kappa shape index (κ3) is 4.92. The van der Waals surface area contributed by atoms with E-state index >= 15 is 0 Å². The maximum Gasteiger partial charge on any atom is 0.104 e. The summed E-state index contributed by atoms with van der Waals surface area (Å²) in [6.07, 6.45) is 2.33. The maximum absolute atomic E-state index is 3.98. The van der Waals surface area contributed by atoms with Gasteiger partial charge in [-0.25, -0.2) is 0 Å². The molecule has 3 aliphatic rings. The molecule has 11 rings (SSSR count). The monoisotopic (exact) mass is 720 g/mol.